The number of carbonyl (C=O) groups excluding carboxylic acids is 2. The van der Waals surface area contributed by atoms with E-state index in [4.69, 9.17) is 0 Å². The number of carbonyl (C=O) groups is 2. The Hall–Kier alpha value is -1.62. The first-order valence-corrected chi connectivity index (χ1v) is 3.87. The molecule has 5 nitrogen and oxygen atoms in total. The summed E-state index contributed by atoms with van der Waals surface area (Å²) in [5, 5.41) is 0. The Bertz CT molecular complexity index is 213. The molecule has 0 aliphatic carbocycles. The van der Waals surface area contributed by atoms with Gasteiger partial charge >= 0.3 is 11.9 Å². The molecule has 0 heterocycles. The Morgan fingerprint density at radius 3 is 1.79 bits per heavy atom. The molecule has 0 aromatic rings. The maximum Gasteiger partial charge on any atom is 0.331 e. The summed E-state index contributed by atoms with van der Waals surface area (Å²) in [6.07, 6.45) is 2.12. The average Bonchev–Trinajstić information content (AvgIpc) is 2.22. The normalized spacial score (nSPS) is 9.29. The molecule has 0 rings (SSSR count). The van der Waals surface area contributed by atoms with Crippen molar-refractivity contribution in [2.24, 2.45) is 0 Å². The van der Waals surface area contributed by atoms with Crippen LogP contribution in [0.5, 0.6) is 0 Å². The molecule has 5 heteroatoms. The lowest BCUT2D eigenvalue weighted by Crippen LogP contribution is -2.27. The topological polar surface area (TPSA) is 55.8 Å². The van der Waals surface area contributed by atoms with Gasteiger partial charge in [-0.1, -0.05) is 13.2 Å². The van der Waals surface area contributed by atoms with Crippen LogP contribution in [0, 0.1) is 0 Å². The van der Waals surface area contributed by atoms with Gasteiger partial charge in [-0.3, -0.25) is 0 Å². The number of hydrogen-bond acceptors (Lipinski definition) is 5. The van der Waals surface area contributed by atoms with Crippen molar-refractivity contribution < 1.29 is 19.1 Å². The molecule has 78 valence electrons. The van der Waals surface area contributed by atoms with Crippen LogP contribution in [0.3, 0.4) is 0 Å². The second-order valence-corrected chi connectivity index (χ2v) is 2.45. The lowest BCUT2D eigenvalue weighted by molar-refractivity contribution is -0.149. The van der Waals surface area contributed by atoms with E-state index in [1.165, 1.54) is 4.90 Å². The molecule has 0 aliphatic heterocycles. The maximum absolute atomic E-state index is 10.6. The van der Waals surface area contributed by atoms with Gasteiger partial charge < -0.3 is 9.47 Å². The van der Waals surface area contributed by atoms with E-state index in [-0.39, 0.29) is 13.5 Å². The van der Waals surface area contributed by atoms with Gasteiger partial charge in [-0.05, 0) is 7.05 Å². The van der Waals surface area contributed by atoms with Crippen molar-refractivity contribution in [3.8, 4) is 0 Å². The number of nitrogens with zero attached hydrogens (tertiary/aromatic N) is 1. The third kappa shape index (κ3) is 5.96. The molecular formula is C9H13NO4. The molecule has 0 N–H and O–H groups in total. The second kappa shape index (κ2) is 6.85. The molecule has 0 bridgehead atoms. The van der Waals surface area contributed by atoms with Crippen molar-refractivity contribution in [2.75, 3.05) is 20.5 Å². The molecular weight excluding hydrogens is 186 g/mol. The Labute approximate surface area is 82.6 Å². The third-order valence-electron chi connectivity index (χ3n) is 1.19. The van der Waals surface area contributed by atoms with Crippen LogP contribution in [0.2, 0.25) is 0 Å². The van der Waals surface area contributed by atoms with Crippen LogP contribution in [-0.4, -0.2) is 37.3 Å². The van der Waals surface area contributed by atoms with E-state index in [0.717, 1.165) is 12.2 Å². The minimum absolute atomic E-state index is 0.0370. The number of rotatable bonds is 6. The summed E-state index contributed by atoms with van der Waals surface area (Å²) in [6.45, 7) is 6.54. The van der Waals surface area contributed by atoms with E-state index in [9.17, 15) is 9.59 Å². The van der Waals surface area contributed by atoms with Gasteiger partial charge in [-0.15, -0.1) is 0 Å². The number of hydrogen-bond donors (Lipinski definition) is 0. The zero-order valence-corrected chi connectivity index (χ0v) is 8.06. The second-order valence-electron chi connectivity index (χ2n) is 2.45. The first kappa shape index (κ1) is 12.4. The van der Waals surface area contributed by atoms with Crippen LogP contribution in [0.15, 0.2) is 25.3 Å². The molecule has 0 saturated heterocycles. The Kier molecular flexibility index (Phi) is 6.06. The standard InChI is InChI=1S/C9H13NO4/c1-4-8(11)13-6-10(3)7-14-9(12)5-2/h4-5H,1-2,6-7H2,3H3. The lowest BCUT2D eigenvalue weighted by atomic mass is 10.6. The number of ether oxygens (including phenoxy) is 2. The molecule has 0 aromatic heterocycles. The predicted molar refractivity (Wildman–Crippen MR) is 50.1 cm³/mol. The monoisotopic (exact) mass is 199 g/mol. The minimum atomic E-state index is -0.521. The van der Waals surface area contributed by atoms with Gasteiger partial charge in [0.15, 0.2) is 0 Å². The fraction of sp³-hybridized carbons (Fsp3) is 0.333. The van der Waals surface area contributed by atoms with Gasteiger partial charge in [0, 0.05) is 12.2 Å². The van der Waals surface area contributed by atoms with E-state index >= 15 is 0 Å². The van der Waals surface area contributed by atoms with Gasteiger partial charge in [0.05, 0.1) is 0 Å². The Morgan fingerprint density at radius 1 is 1.14 bits per heavy atom. The molecule has 0 atom stereocenters. The molecule has 0 spiro atoms. The fourth-order valence-electron chi connectivity index (χ4n) is 0.503. The summed E-state index contributed by atoms with van der Waals surface area (Å²) in [7, 11) is 1.63. The Balaban J connectivity index is 3.60. The smallest absolute Gasteiger partial charge is 0.331 e. The molecule has 0 fully saturated rings. The molecule has 0 aliphatic rings. The SMILES string of the molecule is C=CC(=O)OCN(C)COC(=O)C=C. The van der Waals surface area contributed by atoms with Crippen molar-refractivity contribution in [1.29, 1.82) is 0 Å². The summed E-state index contributed by atoms with van der Waals surface area (Å²) < 4.78 is 9.34. The molecule has 14 heavy (non-hydrogen) atoms. The quantitative estimate of drug-likeness (QED) is 0.349. The van der Waals surface area contributed by atoms with E-state index in [0.29, 0.717) is 0 Å². The highest BCUT2D eigenvalue weighted by molar-refractivity contribution is 5.81. The van der Waals surface area contributed by atoms with E-state index < -0.39 is 11.9 Å². The summed E-state index contributed by atoms with van der Waals surface area (Å²) in [5.74, 6) is -1.04. The van der Waals surface area contributed by atoms with Crippen molar-refractivity contribution in [2.45, 2.75) is 0 Å². The van der Waals surface area contributed by atoms with Gasteiger partial charge in [-0.25, -0.2) is 14.5 Å². The van der Waals surface area contributed by atoms with Crippen molar-refractivity contribution in [3.05, 3.63) is 25.3 Å². The van der Waals surface area contributed by atoms with Gasteiger partial charge in [-0.2, -0.15) is 0 Å². The zero-order chi connectivity index (χ0) is 11.0. The highest BCUT2D eigenvalue weighted by atomic mass is 16.6. The van der Waals surface area contributed by atoms with E-state index in [1.807, 2.05) is 0 Å². The van der Waals surface area contributed by atoms with Crippen LogP contribution in [0.25, 0.3) is 0 Å². The van der Waals surface area contributed by atoms with Crippen LogP contribution >= 0.6 is 0 Å². The molecule has 0 radical (unpaired) electrons. The lowest BCUT2D eigenvalue weighted by Gasteiger charge is -2.14. The van der Waals surface area contributed by atoms with Gasteiger partial charge in [0.1, 0.15) is 13.5 Å². The van der Waals surface area contributed by atoms with Crippen LogP contribution in [0.4, 0.5) is 0 Å². The summed E-state index contributed by atoms with van der Waals surface area (Å²) in [4.78, 5) is 22.7. The van der Waals surface area contributed by atoms with Crippen LogP contribution in [-0.2, 0) is 19.1 Å². The van der Waals surface area contributed by atoms with Gasteiger partial charge in [0.2, 0.25) is 0 Å². The predicted octanol–water partition coefficient (Wildman–Crippen LogP) is 0.292. The molecule has 0 saturated carbocycles. The maximum atomic E-state index is 10.6. The molecule has 0 unspecified atom stereocenters. The zero-order valence-electron chi connectivity index (χ0n) is 8.06. The van der Waals surface area contributed by atoms with E-state index in [2.05, 4.69) is 22.6 Å². The number of esters is 2. The summed E-state index contributed by atoms with van der Waals surface area (Å²) in [5.41, 5.74) is 0. The molecule has 0 aromatic carbocycles. The highest BCUT2D eigenvalue weighted by Crippen LogP contribution is 1.88. The van der Waals surface area contributed by atoms with Crippen LogP contribution in [0.1, 0.15) is 0 Å². The van der Waals surface area contributed by atoms with Crippen molar-refractivity contribution in [1.82, 2.24) is 4.90 Å². The average molecular weight is 199 g/mol. The van der Waals surface area contributed by atoms with Gasteiger partial charge in [0.25, 0.3) is 0 Å². The van der Waals surface area contributed by atoms with Crippen molar-refractivity contribution >= 4 is 11.9 Å². The summed E-state index contributed by atoms with van der Waals surface area (Å²) >= 11 is 0. The third-order valence-corrected chi connectivity index (χ3v) is 1.19. The van der Waals surface area contributed by atoms with Crippen LogP contribution < -0.4 is 0 Å². The van der Waals surface area contributed by atoms with Crippen molar-refractivity contribution in [3.63, 3.8) is 0 Å². The Morgan fingerprint density at radius 2 is 1.50 bits per heavy atom. The molecule has 0 amide bonds. The first-order valence-electron chi connectivity index (χ1n) is 3.87. The largest absolute Gasteiger partial charge is 0.446 e. The summed E-state index contributed by atoms with van der Waals surface area (Å²) in [6, 6.07) is 0. The highest BCUT2D eigenvalue weighted by Gasteiger charge is 2.03. The fourth-order valence-corrected chi connectivity index (χ4v) is 0.503. The minimum Gasteiger partial charge on any atom is -0.446 e. The first-order chi connectivity index (χ1) is 6.60. The van der Waals surface area contributed by atoms with E-state index in [1.54, 1.807) is 7.05 Å².